The van der Waals surface area contributed by atoms with Crippen LogP contribution in [-0.4, -0.2) is 11.7 Å². The van der Waals surface area contributed by atoms with Crippen LogP contribution in [0.5, 0.6) is 0 Å². The molecule has 0 bridgehead atoms. The van der Waals surface area contributed by atoms with Crippen molar-refractivity contribution in [3.05, 3.63) is 58.1 Å². The van der Waals surface area contributed by atoms with Crippen molar-refractivity contribution in [3.8, 4) is 0 Å². The lowest BCUT2D eigenvalue weighted by atomic mass is 10.0. The van der Waals surface area contributed by atoms with Crippen LogP contribution in [0.15, 0.2) is 51.8 Å². The van der Waals surface area contributed by atoms with Gasteiger partial charge in [-0.05, 0) is 36.2 Å². The minimum atomic E-state index is -0.119. The number of hydrogen-bond acceptors (Lipinski definition) is 3. The molecule has 0 aliphatic carbocycles. The first-order chi connectivity index (χ1) is 10.1. The fourth-order valence-corrected chi connectivity index (χ4v) is 3.97. The van der Waals surface area contributed by atoms with Crippen molar-refractivity contribution in [2.45, 2.75) is 17.4 Å². The Bertz CT molecular complexity index is 690. The molecule has 5 heteroatoms. The molecule has 0 aromatic heterocycles. The van der Waals surface area contributed by atoms with Crippen LogP contribution in [0, 0.1) is 0 Å². The first kappa shape index (κ1) is 14.5. The number of carbonyl (C=O) groups is 1. The molecule has 0 spiro atoms. The lowest BCUT2D eigenvalue weighted by Gasteiger charge is -2.26. The van der Waals surface area contributed by atoms with Crippen molar-refractivity contribution in [2.24, 2.45) is 0 Å². The highest BCUT2D eigenvalue weighted by molar-refractivity contribution is 9.10. The Balaban J connectivity index is 1.83. The third kappa shape index (κ3) is 3.09. The number of rotatable bonds is 2. The monoisotopic (exact) mass is 362 g/mol. The molecule has 1 heterocycles. The summed E-state index contributed by atoms with van der Waals surface area (Å²) in [5, 5.41) is 3.10. The quantitative estimate of drug-likeness (QED) is 0.793. The molecule has 0 saturated heterocycles. The van der Waals surface area contributed by atoms with E-state index >= 15 is 0 Å². The van der Waals surface area contributed by atoms with Gasteiger partial charge >= 0.3 is 0 Å². The van der Waals surface area contributed by atoms with Gasteiger partial charge in [0.2, 0.25) is 0 Å². The number of nitrogens with one attached hydrogen (secondary N) is 1. The van der Waals surface area contributed by atoms with Crippen LogP contribution in [0.4, 0.5) is 5.69 Å². The zero-order valence-corrected chi connectivity index (χ0v) is 13.7. The number of thioether (sulfide) groups is 1. The van der Waals surface area contributed by atoms with Crippen LogP contribution in [-0.2, 0) is 0 Å². The van der Waals surface area contributed by atoms with Gasteiger partial charge in [-0.25, -0.2) is 0 Å². The fourth-order valence-electron chi connectivity index (χ4n) is 2.47. The van der Waals surface area contributed by atoms with Gasteiger partial charge in [-0.2, -0.15) is 0 Å². The van der Waals surface area contributed by atoms with Crippen LogP contribution in [0.2, 0.25) is 0 Å². The number of benzene rings is 2. The molecule has 1 amide bonds. The number of amides is 1. The van der Waals surface area contributed by atoms with Crippen LogP contribution in [0.3, 0.4) is 0 Å². The van der Waals surface area contributed by atoms with Crippen LogP contribution < -0.4 is 11.1 Å². The molecule has 3 rings (SSSR count). The summed E-state index contributed by atoms with van der Waals surface area (Å²) in [5.74, 6) is 0.893. The number of hydrogen-bond donors (Lipinski definition) is 2. The Labute approximate surface area is 136 Å². The molecule has 1 unspecified atom stereocenters. The standard InChI is InChI=1S/C16H15BrN2OS/c17-10-5-6-11(13(18)9-10)16(20)19-14-7-8-21-15-4-2-1-3-12(14)15/h1-6,9,14H,7-8,18H2,(H,19,20). The van der Waals surface area contributed by atoms with Crippen molar-refractivity contribution < 1.29 is 4.79 Å². The van der Waals surface area contributed by atoms with Crippen molar-refractivity contribution in [1.82, 2.24) is 5.32 Å². The van der Waals surface area contributed by atoms with E-state index < -0.39 is 0 Å². The highest BCUT2D eigenvalue weighted by Gasteiger charge is 2.23. The van der Waals surface area contributed by atoms with Crippen LogP contribution in [0.1, 0.15) is 28.4 Å². The minimum absolute atomic E-state index is 0.0537. The van der Waals surface area contributed by atoms with E-state index in [0.29, 0.717) is 11.3 Å². The zero-order chi connectivity index (χ0) is 14.8. The van der Waals surface area contributed by atoms with Gasteiger partial charge in [0, 0.05) is 20.8 Å². The Morgan fingerprint density at radius 3 is 2.90 bits per heavy atom. The number of fused-ring (bicyclic) bond motifs is 1. The van der Waals surface area contributed by atoms with Crippen LogP contribution in [0.25, 0.3) is 0 Å². The largest absolute Gasteiger partial charge is 0.398 e. The first-order valence-electron chi connectivity index (χ1n) is 6.73. The molecule has 3 nitrogen and oxygen atoms in total. The summed E-state index contributed by atoms with van der Waals surface area (Å²) in [6.45, 7) is 0. The number of nitrogen functional groups attached to an aromatic ring is 1. The van der Waals surface area contributed by atoms with Crippen molar-refractivity contribution in [3.63, 3.8) is 0 Å². The van der Waals surface area contributed by atoms with Gasteiger partial charge in [-0.3, -0.25) is 4.79 Å². The number of nitrogens with two attached hydrogens (primary N) is 1. The molecule has 0 fully saturated rings. The summed E-state index contributed by atoms with van der Waals surface area (Å²) in [6, 6.07) is 13.6. The maximum atomic E-state index is 12.4. The second kappa shape index (κ2) is 6.12. The summed E-state index contributed by atoms with van der Waals surface area (Å²) >= 11 is 5.19. The van der Waals surface area contributed by atoms with E-state index in [1.54, 1.807) is 12.1 Å². The van der Waals surface area contributed by atoms with Gasteiger partial charge < -0.3 is 11.1 Å². The highest BCUT2D eigenvalue weighted by Crippen LogP contribution is 2.36. The SMILES string of the molecule is Nc1cc(Br)ccc1C(=O)NC1CCSc2ccccc21. The molecule has 2 aromatic rings. The Morgan fingerprint density at radius 2 is 2.10 bits per heavy atom. The van der Waals surface area contributed by atoms with Crippen LogP contribution >= 0.6 is 27.7 Å². The van der Waals surface area contributed by atoms with E-state index in [4.69, 9.17) is 5.73 Å². The maximum Gasteiger partial charge on any atom is 0.253 e. The van der Waals surface area contributed by atoms with Gasteiger partial charge in [0.05, 0.1) is 11.6 Å². The predicted octanol–water partition coefficient (Wildman–Crippen LogP) is 4.00. The Morgan fingerprint density at radius 1 is 1.29 bits per heavy atom. The summed E-state index contributed by atoms with van der Waals surface area (Å²) in [4.78, 5) is 13.7. The molecule has 0 saturated carbocycles. The molecular formula is C16H15BrN2OS. The van der Waals surface area contributed by atoms with Gasteiger partial charge in [-0.15, -0.1) is 11.8 Å². The summed E-state index contributed by atoms with van der Waals surface area (Å²) < 4.78 is 0.871. The second-order valence-corrected chi connectivity index (χ2v) is 6.99. The van der Waals surface area contributed by atoms with E-state index in [1.165, 1.54) is 10.5 Å². The van der Waals surface area contributed by atoms with Gasteiger partial charge in [-0.1, -0.05) is 34.1 Å². The third-order valence-electron chi connectivity index (χ3n) is 3.52. The van der Waals surface area contributed by atoms with E-state index in [9.17, 15) is 4.79 Å². The average Bonchev–Trinajstić information content (AvgIpc) is 2.47. The molecule has 1 atom stereocenters. The highest BCUT2D eigenvalue weighted by atomic mass is 79.9. The molecular weight excluding hydrogens is 348 g/mol. The number of halogens is 1. The summed E-state index contributed by atoms with van der Waals surface area (Å²) in [7, 11) is 0. The van der Waals surface area contributed by atoms with E-state index in [1.807, 2.05) is 30.0 Å². The zero-order valence-electron chi connectivity index (χ0n) is 11.3. The number of anilines is 1. The number of carbonyl (C=O) groups excluding carboxylic acids is 1. The predicted molar refractivity (Wildman–Crippen MR) is 90.5 cm³/mol. The van der Waals surface area contributed by atoms with Crippen molar-refractivity contribution in [1.29, 1.82) is 0 Å². The van der Waals surface area contributed by atoms with E-state index in [-0.39, 0.29) is 11.9 Å². The molecule has 108 valence electrons. The summed E-state index contributed by atoms with van der Waals surface area (Å²) in [6.07, 6.45) is 0.934. The molecule has 3 N–H and O–H groups in total. The third-order valence-corrected chi connectivity index (χ3v) is 5.14. The lowest BCUT2D eigenvalue weighted by Crippen LogP contribution is -2.31. The topological polar surface area (TPSA) is 55.1 Å². The molecule has 21 heavy (non-hydrogen) atoms. The molecule has 2 aromatic carbocycles. The molecule has 1 aliphatic rings. The first-order valence-corrected chi connectivity index (χ1v) is 8.50. The van der Waals surface area contributed by atoms with E-state index in [0.717, 1.165) is 16.6 Å². The lowest BCUT2D eigenvalue weighted by molar-refractivity contribution is 0.0936. The average molecular weight is 363 g/mol. The molecule has 1 aliphatic heterocycles. The fraction of sp³-hybridized carbons (Fsp3) is 0.188. The van der Waals surface area contributed by atoms with E-state index in [2.05, 4.69) is 33.4 Å². The summed E-state index contributed by atoms with van der Waals surface area (Å²) in [5.41, 5.74) is 8.13. The van der Waals surface area contributed by atoms with Gasteiger partial charge in [0.25, 0.3) is 5.91 Å². The Hall–Kier alpha value is -1.46. The van der Waals surface area contributed by atoms with Crippen molar-refractivity contribution in [2.75, 3.05) is 11.5 Å². The van der Waals surface area contributed by atoms with Gasteiger partial charge in [0.15, 0.2) is 0 Å². The Kier molecular flexibility index (Phi) is 4.22. The normalized spacial score (nSPS) is 17.1. The smallest absolute Gasteiger partial charge is 0.253 e. The maximum absolute atomic E-state index is 12.4. The van der Waals surface area contributed by atoms with Gasteiger partial charge in [0.1, 0.15) is 0 Å². The van der Waals surface area contributed by atoms with Crippen molar-refractivity contribution >= 4 is 39.3 Å². The molecule has 0 radical (unpaired) electrons. The second-order valence-electron chi connectivity index (χ2n) is 4.93. The minimum Gasteiger partial charge on any atom is -0.398 e.